The van der Waals surface area contributed by atoms with Crippen LogP contribution in [-0.4, -0.2) is 34.4 Å². The minimum atomic E-state index is -4.49. The van der Waals surface area contributed by atoms with Crippen molar-refractivity contribution in [2.45, 2.75) is 13.1 Å². The SMILES string of the molecule is C=CCOc1ccc(/C=C/C(=O)Nc2cc(C)nn2-c2ccc(C(F)(F)F)cn2)cc1OC. The lowest BCUT2D eigenvalue weighted by Crippen LogP contribution is -2.13. The number of halogens is 3. The molecule has 0 aliphatic rings. The topological polar surface area (TPSA) is 78.3 Å². The maximum absolute atomic E-state index is 12.8. The average molecular weight is 458 g/mol. The van der Waals surface area contributed by atoms with Gasteiger partial charge in [0.25, 0.3) is 0 Å². The highest BCUT2D eigenvalue weighted by Gasteiger charge is 2.30. The van der Waals surface area contributed by atoms with Crippen LogP contribution in [-0.2, 0) is 11.0 Å². The maximum Gasteiger partial charge on any atom is 0.417 e. The molecule has 0 aliphatic carbocycles. The normalized spacial score (nSPS) is 11.4. The molecule has 7 nitrogen and oxygen atoms in total. The van der Waals surface area contributed by atoms with Gasteiger partial charge >= 0.3 is 6.18 Å². The number of anilines is 1. The lowest BCUT2D eigenvalue weighted by Gasteiger charge is -2.10. The second kappa shape index (κ2) is 10.0. The van der Waals surface area contributed by atoms with Gasteiger partial charge in [-0.1, -0.05) is 18.7 Å². The van der Waals surface area contributed by atoms with Crippen LogP contribution in [0.5, 0.6) is 11.5 Å². The van der Waals surface area contributed by atoms with Crippen LogP contribution in [0.1, 0.15) is 16.8 Å². The number of pyridine rings is 1. The van der Waals surface area contributed by atoms with E-state index >= 15 is 0 Å². The van der Waals surface area contributed by atoms with Crippen LogP contribution in [0, 0.1) is 6.92 Å². The Bertz CT molecular complexity index is 1170. The molecule has 2 aromatic heterocycles. The summed E-state index contributed by atoms with van der Waals surface area (Å²) in [7, 11) is 1.51. The molecule has 10 heteroatoms. The maximum atomic E-state index is 12.8. The number of carbonyl (C=O) groups is 1. The zero-order valence-corrected chi connectivity index (χ0v) is 17.9. The smallest absolute Gasteiger partial charge is 0.417 e. The summed E-state index contributed by atoms with van der Waals surface area (Å²) >= 11 is 0. The summed E-state index contributed by atoms with van der Waals surface area (Å²) < 4.78 is 50.4. The summed E-state index contributed by atoms with van der Waals surface area (Å²) in [4.78, 5) is 16.3. The van der Waals surface area contributed by atoms with Crippen molar-refractivity contribution in [3.05, 3.63) is 78.1 Å². The van der Waals surface area contributed by atoms with Crippen LogP contribution in [0.4, 0.5) is 19.0 Å². The lowest BCUT2D eigenvalue weighted by molar-refractivity contribution is -0.137. The number of methoxy groups -OCH3 is 1. The third-order valence-electron chi connectivity index (χ3n) is 4.35. The van der Waals surface area contributed by atoms with Gasteiger partial charge in [0.05, 0.1) is 18.4 Å². The molecule has 3 aromatic rings. The van der Waals surface area contributed by atoms with E-state index in [0.29, 0.717) is 35.6 Å². The van der Waals surface area contributed by atoms with E-state index < -0.39 is 17.6 Å². The predicted octanol–water partition coefficient (Wildman–Crippen LogP) is 4.82. The number of hydrogen-bond acceptors (Lipinski definition) is 5. The Labute approximate surface area is 188 Å². The second-order valence-corrected chi connectivity index (χ2v) is 6.82. The van der Waals surface area contributed by atoms with Gasteiger partial charge in [-0.15, -0.1) is 0 Å². The molecule has 1 aromatic carbocycles. The first-order valence-electron chi connectivity index (χ1n) is 9.72. The third-order valence-corrected chi connectivity index (χ3v) is 4.35. The van der Waals surface area contributed by atoms with Crippen molar-refractivity contribution in [1.29, 1.82) is 0 Å². The summed E-state index contributed by atoms with van der Waals surface area (Å²) in [6, 6.07) is 8.85. The third kappa shape index (κ3) is 6.00. The summed E-state index contributed by atoms with van der Waals surface area (Å²) in [5.41, 5.74) is 0.373. The average Bonchev–Trinajstić information content (AvgIpc) is 3.15. The molecule has 0 radical (unpaired) electrons. The number of amides is 1. The van der Waals surface area contributed by atoms with Crippen molar-refractivity contribution in [2.75, 3.05) is 19.0 Å². The van der Waals surface area contributed by atoms with Gasteiger partial charge < -0.3 is 14.8 Å². The van der Waals surface area contributed by atoms with E-state index in [-0.39, 0.29) is 11.6 Å². The molecular weight excluding hydrogens is 437 g/mol. The number of alkyl halides is 3. The molecule has 0 saturated heterocycles. The lowest BCUT2D eigenvalue weighted by atomic mass is 10.2. The molecular formula is C23H21F3N4O3. The molecule has 3 rings (SSSR count). The number of carbonyl (C=O) groups excluding carboxylic acids is 1. The van der Waals surface area contributed by atoms with Crippen molar-refractivity contribution >= 4 is 17.8 Å². The van der Waals surface area contributed by atoms with Gasteiger partial charge in [0, 0.05) is 18.3 Å². The van der Waals surface area contributed by atoms with Crippen LogP contribution in [0.3, 0.4) is 0 Å². The molecule has 0 bridgehead atoms. The number of hydrogen-bond donors (Lipinski definition) is 1. The minimum absolute atomic E-state index is 0.134. The summed E-state index contributed by atoms with van der Waals surface area (Å²) in [6.45, 7) is 5.61. The number of aromatic nitrogens is 3. The van der Waals surface area contributed by atoms with Gasteiger partial charge in [-0.05, 0) is 42.8 Å². The van der Waals surface area contributed by atoms with Gasteiger partial charge in [0.1, 0.15) is 12.4 Å². The molecule has 0 unspecified atom stereocenters. The van der Waals surface area contributed by atoms with Crippen LogP contribution in [0.25, 0.3) is 11.9 Å². The van der Waals surface area contributed by atoms with E-state index in [4.69, 9.17) is 9.47 Å². The molecule has 0 aliphatic heterocycles. The van der Waals surface area contributed by atoms with Crippen LogP contribution in [0.15, 0.2) is 61.3 Å². The van der Waals surface area contributed by atoms with Crippen molar-refractivity contribution < 1.29 is 27.4 Å². The molecule has 0 fully saturated rings. The first-order valence-corrected chi connectivity index (χ1v) is 9.72. The summed E-state index contributed by atoms with van der Waals surface area (Å²) in [6.07, 6.45) is 0.731. The molecule has 2 heterocycles. The standard InChI is InChI=1S/C23H21F3N4O3/c1-4-11-33-18-8-5-16(13-19(18)32-3)6-10-22(31)28-21-12-15(2)29-30(21)20-9-7-17(14-27-20)23(24,25)26/h4-10,12-14H,1,11H2,2-3H3,(H,28,31)/b10-6+. The van der Waals surface area contributed by atoms with Crippen molar-refractivity contribution in [3.63, 3.8) is 0 Å². The van der Waals surface area contributed by atoms with E-state index in [1.165, 1.54) is 23.9 Å². The van der Waals surface area contributed by atoms with Crippen molar-refractivity contribution in [3.8, 4) is 17.3 Å². The highest BCUT2D eigenvalue weighted by Crippen LogP contribution is 2.30. The Morgan fingerprint density at radius 3 is 2.64 bits per heavy atom. The molecule has 1 N–H and O–H groups in total. The van der Waals surface area contributed by atoms with Crippen LogP contribution >= 0.6 is 0 Å². The summed E-state index contributed by atoms with van der Waals surface area (Å²) in [5.74, 6) is 0.980. The predicted molar refractivity (Wildman–Crippen MR) is 117 cm³/mol. The number of nitrogens with one attached hydrogen (secondary N) is 1. The van der Waals surface area contributed by atoms with E-state index in [1.807, 2.05) is 0 Å². The fraction of sp³-hybridized carbons (Fsp3) is 0.174. The fourth-order valence-corrected chi connectivity index (χ4v) is 2.84. The Hall–Kier alpha value is -4.08. The highest BCUT2D eigenvalue weighted by atomic mass is 19.4. The zero-order valence-electron chi connectivity index (χ0n) is 17.9. The Balaban J connectivity index is 1.75. The van der Waals surface area contributed by atoms with Gasteiger partial charge in [0.2, 0.25) is 5.91 Å². The van der Waals surface area contributed by atoms with Gasteiger partial charge in [-0.3, -0.25) is 4.79 Å². The summed E-state index contributed by atoms with van der Waals surface area (Å²) in [5, 5.41) is 6.86. The van der Waals surface area contributed by atoms with E-state index in [1.54, 1.807) is 43.3 Å². The molecule has 0 atom stereocenters. The molecule has 1 amide bonds. The molecule has 172 valence electrons. The Morgan fingerprint density at radius 2 is 2.00 bits per heavy atom. The zero-order chi connectivity index (χ0) is 24.0. The number of ether oxygens (including phenoxy) is 2. The fourth-order valence-electron chi connectivity index (χ4n) is 2.84. The van der Waals surface area contributed by atoms with Gasteiger partial charge in [0.15, 0.2) is 17.3 Å². The van der Waals surface area contributed by atoms with Crippen molar-refractivity contribution in [2.24, 2.45) is 0 Å². The molecule has 0 saturated carbocycles. The van der Waals surface area contributed by atoms with Gasteiger partial charge in [-0.25, -0.2) is 4.98 Å². The number of aryl methyl sites for hydroxylation is 1. The minimum Gasteiger partial charge on any atom is -0.493 e. The van der Waals surface area contributed by atoms with Gasteiger partial charge in [-0.2, -0.15) is 23.0 Å². The van der Waals surface area contributed by atoms with E-state index in [9.17, 15) is 18.0 Å². The van der Waals surface area contributed by atoms with Crippen LogP contribution in [0.2, 0.25) is 0 Å². The number of rotatable bonds is 8. The second-order valence-electron chi connectivity index (χ2n) is 6.82. The van der Waals surface area contributed by atoms with E-state index in [0.717, 1.165) is 6.07 Å². The number of benzene rings is 1. The van der Waals surface area contributed by atoms with E-state index in [2.05, 4.69) is 22.0 Å². The Morgan fingerprint density at radius 1 is 1.21 bits per heavy atom. The largest absolute Gasteiger partial charge is 0.493 e. The Kier molecular flexibility index (Phi) is 7.17. The van der Waals surface area contributed by atoms with Crippen LogP contribution < -0.4 is 14.8 Å². The van der Waals surface area contributed by atoms with Crippen molar-refractivity contribution in [1.82, 2.24) is 14.8 Å². The first-order chi connectivity index (χ1) is 15.7. The molecule has 0 spiro atoms. The highest BCUT2D eigenvalue weighted by molar-refractivity contribution is 6.01. The quantitative estimate of drug-likeness (QED) is 0.387. The monoisotopic (exact) mass is 458 g/mol. The first kappa shape index (κ1) is 23.6. The molecule has 33 heavy (non-hydrogen) atoms. The number of nitrogens with zero attached hydrogens (tertiary/aromatic N) is 3.